The molecule has 0 fully saturated rings. The van der Waals surface area contributed by atoms with E-state index in [4.69, 9.17) is 23.8 Å². The Kier molecular flexibility index (Phi) is 5.04. The van der Waals surface area contributed by atoms with Gasteiger partial charge in [-0.2, -0.15) is 0 Å². The topological polar surface area (TPSA) is 51.3 Å². The molecule has 1 aliphatic rings. The second kappa shape index (κ2) is 7.87. The molecule has 0 saturated carbocycles. The Morgan fingerprint density at radius 2 is 1.84 bits per heavy atom. The van der Waals surface area contributed by atoms with E-state index in [0.717, 1.165) is 34.3 Å². The summed E-state index contributed by atoms with van der Waals surface area (Å²) in [6.07, 6.45) is 0.801. The van der Waals surface area contributed by atoms with Crippen molar-refractivity contribution in [3.8, 4) is 5.75 Å². The third-order valence-electron chi connectivity index (χ3n) is 5.65. The summed E-state index contributed by atoms with van der Waals surface area (Å²) in [6.45, 7) is 0.699. The Labute approximate surface area is 189 Å². The molecule has 0 amide bonds. The van der Waals surface area contributed by atoms with Crippen molar-refractivity contribution < 1.29 is 9.50 Å². The normalized spacial score (nSPS) is 15.7. The number of phenols is 1. The molecule has 1 unspecified atom stereocenters. The Balaban J connectivity index is 1.58. The molecule has 1 aromatic heterocycles. The molecule has 4 nitrogen and oxygen atoms in total. The Morgan fingerprint density at radius 1 is 1.10 bits per heavy atom. The van der Waals surface area contributed by atoms with Gasteiger partial charge in [-0.1, -0.05) is 23.7 Å². The molecule has 3 aromatic carbocycles. The first kappa shape index (κ1) is 19.8. The van der Waals surface area contributed by atoms with Gasteiger partial charge in [0.1, 0.15) is 11.6 Å². The molecule has 0 bridgehead atoms. The number of aromatic amines is 1. The third kappa shape index (κ3) is 3.73. The molecule has 1 atom stereocenters. The fraction of sp³-hybridized carbons (Fsp3) is 0.125. The van der Waals surface area contributed by atoms with E-state index < -0.39 is 0 Å². The fourth-order valence-electron chi connectivity index (χ4n) is 4.21. The van der Waals surface area contributed by atoms with Gasteiger partial charge in [0.2, 0.25) is 0 Å². The predicted molar refractivity (Wildman–Crippen MR) is 126 cm³/mol. The molecular weight excluding hydrogens is 433 g/mol. The van der Waals surface area contributed by atoms with Gasteiger partial charge in [-0.05, 0) is 84.4 Å². The van der Waals surface area contributed by atoms with E-state index >= 15 is 0 Å². The summed E-state index contributed by atoms with van der Waals surface area (Å²) in [6, 6.07) is 19.0. The minimum atomic E-state index is -0.294. The van der Waals surface area contributed by atoms with Gasteiger partial charge >= 0.3 is 0 Å². The van der Waals surface area contributed by atoms with Crippen LogP contribution in [0.5, 0.6) is 5.75 Å². The number of hydrogen-bond acceptors (Lipinski definition) is 2. The van der Waals surface area contributed by atoms with E-state index in [1.165, 1.54) is 17.7 Å². The molecular formula is C24H19ClFN3OS. The second-order valence-electron chi connectivity index (χ2n) is 7.58. The number of nitrogens with zero attached hydrogens (tertiary/aromatic N) is 1. The maximum atomic E-state index is 13.3. The number of hydrogen-bond donors (Lipinski definition) is 3. The monoisotopic (exact) mass is 451 g/mol. The maximum Gasteiger partial charge on any atom is 0.174 e. The van der Waals surface area contributed by atoms with Crippen molar-refractivity contribution in [1.82, 2.24) is 9.88 Å². The van der Waals surface area contributed by atoms with Gasteiger partial charge < -0.3 is 20.3 Å². The Bertz CT molecular complexity index is 1270. The minimum absolute atomic E-state index is 0.170. The van der Waals surface area contributed by atoms with Gasteiger partial charge in [0.25, 0.3) is 0 Å². The predicted octanol–water partition coefficient (Wildman–Crippen LogP) is 6.01. The molecule has 2 heterocycles. The van der Waals surface area contributed by atoms with Crippen molar-refractivity contribution in [3.63, 3.8) is 0 Å². The standard InChI is InChI=1S/C24H19ClFN3OS/c25-15-3-10-21-20(13-15)19-11-12-29(24(31)27-17-6-4-16(26)5-7-17)23(22(19)28-21)14-1-8-18(30)9-2-14/h1-10,13,23,28,30H,11-12H2,(H,27,31). The largest absolute Gasteiger partial charge is 0.508 e. The van der Waals surface area contributed by atoms with Crippen molar-refractivity contribution in [2.75, 3.05) is 11.9 Å². The lowest BCUT2D eigenvalue weighted by Crippen LogP contribution is -2.42. The highest BCUT2D eigenvalue weighted by Crippen LogP contribution is 2.39. The van der Waals surface area contributed by atoms with Crippen LogP contribution in [0.4, 0.5) is 10.1 Å². The number of fused-ring (bicyclic) bond motifs is 3. The molecule has 4 aromatic rings. The van der Waals surface area contributed by atoms with Crippen molar-refractivity contribution in [1.29, 1.82) is 0 Å². The molecule has 7 heteroatoms. The lowest BCUT2D eigenvalue weighted by Gasteiger charge is -2.38. The number of phenolic OH excluding ortho intramolecular Hbond substituents is 1. The van der Waals surface area contributed by atoms with Crippen LogP contribution in [0.1, 0.15) is 22.9 Å². The highest BCUT2D eigenvalue weighted by molar-refractivity contribution is 7.80. The van der Waals surface area contributed by atoms with Crippen LogP contribution >= 0.6 is 23.8 Å². The first-order chi connectivity index (χ1) is 15.0. The highest BCUT2D eigenvalue weighted by Gasteiger charge is 2.33. The quantitative estimate of drug-likeness (QED) is 0.327. The van der Waals surface area contributed by atoms with Gasteiger partial charge in [-0.3, -0.25) is 0 Å². The zero-order chi connectivity index (χ0) is 21.5. The van der Waals surface area contributed by atoms with Crippen LogP contribution in [0.15, 0.2) is 66.7 Å². The average molecular weight is 452 g/mol. The number of aromatic hydroxyl groups is 1. The van der Waals surface area contributed by atoms with Crippen LogP contribution in [0.25, 0.3) is 10.9 Å². The number of halogens is 2. The number of thiocarbonyl (C=S) groups is 1. The van der Waals surface area contributed by atoms with Crippen LogP contribution in [0.2, 0.25) is 5.02 Å². The van der Waals surface area contributed by atoms with Crippen LogP contribution in [0, 0.1) is 5.82 Å². The second-order valence-corrected chi connectivity index (χ2v) is 8.40. The molecule has 3 N–H and O–H groups in total. The maximum absolute atomic E-state index is 13.3. The molecule has 0 spiro atoms. The molecule has 5 rings (SSSR count). The molecule has 1 aliphatic heterocycles. The van der Waals surface area contributed by atoms with Crippen molar-refractivity contribution >= 4 is 45.5 Å². The van der Waals surface area contributed by atoms with Crippen molar-refractivity contribution in [2.45, 2.75) is 12.5 Å². The number of aromatic nitrogens is 1. The average Bonchev–Trinajstić information content (AvgIpc) is 3.13. The van der Waals surface area contributed by atoms with E-state index in [2.05, 4.69) is 15.2 Å². The summed E-state index contributed by atoms with van der Waals surface area (Å²) in [5.74, 6) is -0.0837. The summed E-state index contributed by atoms with van der Waals surface area (Å²) in [5, 5.41) is 15.4. The zero-order valence-corrected chi connectivity index (χ0v) is 18.0. The van der Waals surface area contributed by atoms with E-state index in [-0.39, 0.29) is 17.6 Å². The first-order valence-corrected chi connectivity index (χ1v) is 10.7. The van der Waals surface area contributed by atoms with Crippen LogP contribution in [-0.2, 0) is 6.42 Å². The van der Waals surface area contributed by atoms with Crippen molar-refractivity contribution in [2.24, 2.45) is 0 Å². The van der Waals surface area contributed by atoms with Gasteiger partial charge in [0.05, 0.1) is 6.04 Å². The highest BCUT2D eigenvalue weighted by atomic mass is 35.5. The van der Waals surface area contributed by atoms with E-state index in [0.29, 0.717) is 16.7 Å². The van der Waals surface area contributed by atoms with Gasteiger partial charge in [0, 0.05) is 33.9 Å². The molecule has 31 heavy (non-hydrogen) atoms. The number of anilines is 1. The zero-order valence-electron chi connectivity index (χ0n) is 16.4. The summed E-state index contributed by atoms with van der Waals surface area (Å²) >= 11 is 12.0. The van der Waals surface area contributed by atoms with Gasteiger partial charge in [-0.15, -0.1) is 0 Å². The Morgan fingerprint density at radius 3 is 2.58 bits per heavy atom. The van der Waals surface area contributed by atoms with E-state index in [1.54, 1.807) is 24.3 Å². The van der Waals surface area contributed by atoms with E-state index in [9.17, 15) is 9.50 Å². The minimum Gasteiger partial charge on any atom is -0.508 e. The first-order valence-electron chi connectivity index (χ1n) is 9.92. The van der Waals surface area contributed by atoms with Gasteiger partial charge in [-0.25, -0.2) is 4.39 Å². The summed E-state index contributed by atoms with van der Waals surface area (Å²) in [4.78, 5) is 5.68. The summed E-state index contributed by atoms with van der Waals surface area (Å²) in [5.41, 5.74) is 5.02. The molecule has 0 aliphatic carbocycles. The number of nitrogens with one attached hydrogen (secondary N) is 2. The number of H-pyrrole nitrogens is 1. The van der Waals surface area contributed by atoms with Crippen LogP contribution in [0.3, 0.4) is 0 Å². The summed E-state index contributed by atoms with van der Waals surface area (Å²) in [7, 11) is 0. The van der Waals surface area contributed by atoms with Gasteiger partial charge in [0.15, 0.2) is 5.11 Å². The lowest BCUT2D eigenvalue weighted by atomic mass is 9.92. The number of benzene rings is 3. The van der Waals surface area contributed by atoms with E-state index in [1.807, 2.05) is 30.3 Å². The Hall–Kier alpha value is -3.09. The van der Waals surface area contributed by atoms with Crippen molar-refractivity contribution in [3.05, 3.63) is 94.4 Å². The summed E-state index contributed by atoms with van der Waals surface area (Å²) < 4.78 is 13.3. The third-order valence-corrected chi connectivity index (χ3v) is 6.23. The van der Waals surface area contributed by atoms with Crippen LogP contribution in [-0.4, -0.2) is 26.6 Å². The van der Waals surface area contributed by atoms with Crippen LogP contribution < -0.4 is 5.32 Å². The fourth-order valence-corrected chi connectivity index (χ4v) is 4.70. The SMILES string of the molecule is Oc1ccc(C2c3[nH]c4ccc(Cl)cc4c3CCN2C(=S)Nc2ccc(F)cc2)cc1. The molecule has 0 saturated heterocycles. The molecule has 0 radical (unpaired) electrons. The lowest BCUT2D eigenvalue weighted by molar-refractivity contribution is 0.339. The number of rotatable bonds is 2. The molecule has 156 valence electrons. The smallest absolute Gasteiger partial charge is 0.174 e.